The number of hydrogen-bond donors (Lipinski definition) is 0. The zero-order valence-corrected chi connectivity index (χ0v) is 15.1. The molecular formula is C16H18N2O4S2. The van der Waals surface area contributed by atoms with Crippen molar-refractivity contribution in [1.82, 2.24) is 9.88 Å². The molecule has 1 saturated heterocycles. The lowest BCUT2D eigenvalue weighted by molar-refractivity contribution is -0.141. The SMILES string of the molecule is Cc1nc(-c2cccs2)sc1C(=O)OCC(=O)N1CCOC(C)C1. The van der Waals surface area contributed by atoms with Gasteiger partial charge in [-0.3, -0.25) is 4.79 Å². The topological polar surface area (TPSA) is 68.7 Å². The molecule has 6 nitrogen and oxygen atoms in total. The Morgan fingerprint density at radius 2 is 2.33 bits per heavy atom. The van der Waals surface area contributed by atoms with E-state index < -0.39 is 5.97 Å². The van der Waals surface area contributed by atoms with E-state index in [-0.39, 0.29) is 18.6 Å². The molecule has 128 valence electrons. The summed E-state index contributed by atoms with van der Waals surface area (Å²) in [6.45, 7) is 5.01. The van der Waals surface area contributed by atoms with E-state index in [9.17, 15) is 9.59 Å². The van der Waals surface area contributed by atoms with Gasteiger partial charge in [0.05, 0.1) is 23.3 Å². The van der Waals surface area contributed by atoms with Crippen molar-refractivity contribution in [2.24, 2.45) is 0 Å². The van der Waals surface area contributed by atoms with E-state index in [1.54, 1.807) is 23.2 Å². The van der Waals surface area contributed by atoms with E-state index in [0.717, 1.165) is 9.88 Å². The van der Waals surface area contributed by atoms with Crippen molar-refractivity contribution >= 4 is 34.6 Å². The van der Waals surface area contributed by atoms with Gasteiger partial charge in [0.15, 0.2) is 6.61 Å². The molecule has 0 aliphatic carbocycles. The zero-order chi connectivity index (χ0) is 17.1. The second-order valence-corrected chi connectivity index (χ2v) is 7.45. The van der Waals surface area contributed by atoms with Crippen LogP contribution >= 0.6 is 22.7 Å². The molecule has 0 spiro atoms. The van der Waals surface area contributed by atoms with Crippen LogP contribution in [0, 0.1) is 6.92 Å². The van der Waals surface area contributed by atoms with Gasteiger partial charge in [-0.2, -0.15) is 0 Å². The molecule has 1 amide bonds. The van der Waals surface area contributed by atoms with Crippen LogP contribution in [0.25, 0.3) is 9.88 Å². The number of esters is 1. The Bertz CT molecular complexity index is 727. The Morgan fingerprint density at radius 1 is 1.50 bits per heavy atom. The van der Waals surface area contributed by atoms with Crippen LogP contribution in [0.5, 0.6) is 0 Å². The third kappa shape index (κ3) is 3.82. The number of carbonyl (C=O) groups is 2. The highest BCUT2D eigenvalue weighted by molar-refractivity contribution is 7.22. The number of hydrogen-bond acceptors (Lipinski definition) is 7. The first-order valence-electron chi connectivity index (χ1n) is 7.62. The molecule has 3 rings (SSSR count). The summed E-state index contributed by atoms with van der Waals surface area (Å²) < 4.78 is 10.6. The first-order valence-corrected chi connectivity index (χ1v) is 9.32. The predicted molar refractivity (Wildman–Crippen MR) is 92.4 cm³/mol. The molecule has 1 aliphatic heterocycles. The first-order chi connectivity index (χ1) is 11.5. The number of aryl methyl sites for hydroxylation is 1. The maximum Gasteiger partial charge on any atom is 0.350 e. The fourth-order valence-corrected chi connectivity index (χ4v) is 4.18. The van der Waals surface area contributed by atoms with E-state index in [1.807, 2.05) is 24.4 Å². The van der Waals surface area contributed by atoms with E-state index in [2.05, 4.69) is 4.98 Å². The van der Waals surface area contributed by atoms with E-state index >= 15 is 0 Å². The molecular weight excluding hydrogens is 348 g/mol. The fourth-order valence-electron chi connectivity index (χ4n) is 2.42. The number of carbonyl (C=O) groups excluding carboxylic acids is 2. The lowest BCUT2D eigenvalue weighted by atomic mass is 10.3. The van der Waals surface area contributed by atoms with Crippen molar-refractivity contribution < 1.29 is 19.1 Å². The van der Waals surface area contributed by atoms with Crippen LogP contribution < -0.4 is 0 Å². The highest BCUT2D eigenvalue weighted by atomic mass is 32.1. The minimum Gasteiger partial charge on any atom is -0.451 e. The van der Waals surface area contributed by atoms with Crippen molar-refractivity contribution in [2.45, 2.75) is 20.0 Å². The monoisotopic (exact) mass is 366 g/mol. The number of ether oxygens (including phenoxy) is 2. The van der Waals surface area contributed by atoms with Crippen molar-refractivity contribution in [3.05, 3.63) is 28.1 Å². The molecule has 0 saturated carbocycles. The van der Waals surface area contributed by atoms with Gasteiger partial charge in [-0.05, 0) is 25.3 Å². The van der Waals surface area contributed by atoms with Gasteiger partial charge in [-0.15, -0.1) is 22.7 Å². The van der Waals surface area contributed by atoms with Crippen LogP contribution in [0.4, 0.5) is 0 Å². The molecule has 2 aromatic rings. The quantitative estimate of drug-likeness (QED) is 0.778. The number of thiazole rings is 1. The Kier molecular flexibility index (Phi) is 5.27. The Morgan fingerprint density at radius 3 is 3.04 bits per heavy atom. The van der Waals surface area contributed by atoms with E-state index in [0.29, 0.717) is 30.3 Å². The summed E-state index contributed by atoms with van der Waals surface area (Å²) in [6, 6.07) is 3.90. The molecule has 2 aromatic heterocycles. The summed E-state index contributed by atoms with van der Waals surface area (Å²) in [5, 5.41) is 2.76. The average Bonchev–Trinajstić information content (AvgIpc) is 3.21. The van der Waals surface area contributed by atoms with Crippen LogP contribution in [-0.2, 0) is 14.3 Å². The summed E-state index contributed by atoms with van der Waals surface area (Å²) in [6.07, 6.45) is 0.00972. The van der Waals surface area contributed by atoms with Gasteiger partial charge in [0.25, 0.3) is 5.91 Å². The third-order valence-electron chi connectivity index (χ3n) is 3.63. The van der Waals surface area contributed by atoms with Gasteiger partial charge in [0.1, 0.15) is 9.88 Å². The number of aromatic nitrogens is 1. The Balaban J connectivity index is 1.60. The number of thiophene rings is 1. The van der Waals surface area contributed by atoms with E-state index in [4.69, 9.17) is 9.47 Å². The van der Waals surface area contributed by atoms with Gasteiger partial charge in [0.2, 0.25) is 0 Å². The van der Waals surface area contributed by atoms with Crippen LogP contribution in [-0.4, -0.2) is 54.2 Å². The molecule has 0 N–H and O–H groups in total. The summed E-state index contributed by atoms with van der Waals surface area (Å²) in [4.78, 5) is 31.9. The van der Waals surface area contributed by atoms with Gasteiger partial charge in [-0.1, -0.05) is 6.07 Å². The van der Waals surface area contributed by atoms with Gasteiger partial charge >= 0.3 is 5.97 Å². The summed E-state index contributed by atoms with van der Waals surface area (Å²) in [5.74, 6) is -0.693. The lowest BCUT2D eigenvalue weighted by Crippen LogP contribution is -2.46. The fraction of sp³-hybridized carbons (Fsp3) is 0.438. The molecule has 0 aromatic carbocycles. The molecule has 1 atom stereocenters. The molecule has 0 radical (unpaired) electrons. The van der Waals surface area contributed by atoms with Gasteiger partial charge in [-0.25, -0.2) is 9.78 Å². The number of nitrogens with zero attached hydrogens (tertiary/aromatic N) is 2. The number of morpholine rings is 1. The van der Waals surface area contributed by atoms with Crippen LogP contribution in [0.1, 0.15) is 22.3 Å². The largest absolute Gasteiger partial charge is 0.451 e. The molecule has 1 unspecified atom stereocenters. The number of rotatable bonds is 4. The lowest BCUT2D eigenvalue weighted by Gasteiger charge is -2.30. The molecule has 3 heterocycles. The van der Waals surface area contributed by atoms with Gasteiger partial charge < -0.3 is 14.4 Å². The average molecular weight is 366 g/mol. The molecule has 8 heteroatoms. The van der Waals surface area contributed by atoms with Crippen LogP contribution in [0.3, 0.4) is 0 Å². The normalized spacial score (nSPS) is 17.8. The molecule has 1 aliphatic rings. The molecule has 24 heavy (non-hydrogen) atoms. The minimum absolute atomic E-state index is 0.00972. The third-order valence-corrected chi connectivity index (χ3v) is 5.81. The number of amides is 1. The van der Waals surface area contributed by atoms with Crippen molar-refractivity contribution in [2.75, 3.05) is 26.3 Å². The highest BCUT2D eigenvalue weighted by Gasteiger charge is 2.24. The molecule has 1 fully saturated rings. The molecule has 0 bridgehead atoms. The van der Waals surface area contributed by atoms with Crippen molar-refractivity contribution in [3.63, 3.8) is 0 Å². The summed E-state index contributed by atoms with van der Waals surface area (Å²) >= 11 is 2.86. The zero-order valence-electron chi connectivity index (χ0n) is 13.5. The smallest absolute Gasteiger partial charge is 0.350 e. The minimum atomic E-state index is -0.498. The van der Waals surface area contributed by atoms with Gasteiger partial charge in [0, 0.05) is 13.1 Å². The second-order valence-electron chi connectivity index (χ2n) is 5.51. The van der Waals surface area contributed by atoms with Crippen molar-refractivity contribution in [3.8, 4) is 9.88 Å². The Labute approximate surface area is 148 Å². The van der Waals surface area contributed by atoms with E-state index in [1.165, 1.54) is 11.3 Å². The second kappa shape index (κ2) is 7.42. The highest BCUT2D eigenvalue weighted by Crippen LogP contribution is 2.31. The summed E-state index contributed by atoms with van der Waals surface area (Å²) in [5.41, 5.74) is 0.626. The maximum absolute atomic E-state index is 12.3. The Hall–Kier alpha value is -1.77. The first kappa shape index (κ1) is 17.1. The van der Waals surface area contributed by atoms with Crippen molar-refractivity contribution in [1.29, 1.82) is 0 Å². The maximum atomic E-state index is 12.3. The summed E-state index contributed by atoms with van der Waals surface area (Å²) in [7, 11) is 0. The van der Waals surface area contributed by atoms with Crippen LogP contribution in [0.15, 0.2) is 17.5 Å². The predicted octanol–water partition coefficient (Wildman–Crippen LogP) is 2.58. The standard InChI is InChI=1S/C16H18N2O4S2/c1-10-8-18(5-6-21-10)13(19)9-22-16(20)14-11(2)17-15(24-14)12-4-3-7-23-12/h3-4,7,10H,5-6,8-9H2,1-2H3. The van der Waals surface area contributed by atoms with Crippen LogP contribution in [0.2, 0.25) is 0 Å².